The molecular formula is C21H26N6O2. The monoisotopic (exact) mass is 394 g/mol. The molecule has 29 heavy (non-hydrogen) atoms. The molecule has 0 fully saturated rings. The number of benzene rings is 1. The maximum atomic E-state index is 12.8. The Morgan fingerprint density at radius 2 is 1.83 bits per heavy atom. The van der Waals surface area contributed by atoms with Crippen LogP contribution in [-0.2, 0) is 13.6 Å². The summed E-state index contributed by atoms with van der Waals surface area (Å²) < 4.78 is 1.69. The second kappa shape index (κ2) is 8.30. The van der Waals surface area contributed by atoms with Gasteiger partial charge in [-0.3, -0.25) is 9.48 Å². The Hall–Kier alpha value is -3.42. The van der Waals surface area contributed by atoms with Gasteiger partial charge in [-0.25, -0.2) is 9.78 Å². The number of aromatic nitrogens is 3. The number of fused-ring (bicyclic) bond motifs is 1. The van der Waals surface area contributed by atoms with Crippen LogP contribution in [0, 0.1) is 13.8 Å². The number of hydrogen-bond donors (Lipinski definition) is 3. The van der Waals surface area contributed by atoms with Crippen LogP contribution >= 0.6 is 0 Å². The number of rotatable bonds is 5. The van der Waals surface area contributed by atoms with Crippen LogP contribution in [0.3, 0.4) is 0 Å². The summed E-state index contributed by atoms with van der Waals surface area (Å²) in [6.45, 7) is 7.91. The molecule has 0 unspecified atom stereocenters. The van der Waals surface area contributed by atoms with Gasteiger partial charge in [0.1, 0.15) is 0 Å². The molecule has 2 heterocycles. The molecule has 8 heteroatoms. The molecule has 152 valence electrons. The predicted molar refractivity (Wildman–Crippen MR) is 113 cm³/mol. The van der Waals surface area contributed by atoms with Crippen LogP contribution in [0.25, 0.3) is 11.0 Å². The molecule has 0 atom stereocenters. The van der Waals surface area contributed by atoms with Crippen LogP contribution in [0.5, 0.6) is 0 Å². The Morgan fingerprint density at radius 1 is 1.14 bits per heavy atom. The van der Waals surface area contributed by atoms with E-state index in [0.29, 0.717) is 23.4 Å². The van der Waals surface area contributed by atoms with Crippen LogP contribution in [0.2, 0.25) is 0 Å². The first-order chi connectivity index (χ1) is 13.7. The summed E-state index contributed by atoms with van der Waals surface area (Å²) in [5.41, 5.74) is 4.43. The molecule has 3 rings (SSSR count). The van der Waals surface area contributed by atoms with Crippen molar-refractivity contribution < 1.29 is 9.59 Å². The van der Waals surface area contributed by atoms with Gasteiger partial charge in [0.05, 0.1) is 16.6 Å². The van der Waals surface area contributed by atoms with E-state index in [-0.39, 0.29) is 18.0 Å². The second-order valence-corrected chi connectivity index (χ2v) is 7.35. The number of hydrogen-bond acceptors (Lipinski definition) is 4. The topological polar surface area (TPSA) is 101 Å². The number of pyridine rings is 1. The maximum Gasteiger partial charge on any atom is 0.319 e. The number of urea groups is 1. The van der Waals surface area contributed by atoms with Crippen molar-refractivity contribution in [2.45, 2.75) is 40.3 Å². The second-order valence-electron chi connectivity index (χ2n) is 7.35. The SMILES string of the molecule is Cc1cc(C(=O)NCc2ccc(NC(=O)NC(C)C)cc2)c2c(C)nn(C)c2n1. The summed E-state index contributed by atoms with van der Waals surface area (Å²) in [5, 5.41) is 13.6. The van der Waals surface area contributed by atoms with Crippen molar-refractivity contribution >= 4 is 28.7 Å². The smallest absolute Gasteiger partial charge is 0.319 e. The normalized spacial score (nSPS) is 11.0. The molecule has 3 aromatic rings. The molecule has 0 saturated carbocycles. The van der Waals surface area contributed by atoms with Gasteiger partial charge in [0.15, 0.2) is 5.65 Å². The van der Waals surface area contributed by atoms with Gasteiger partial charge < -0.3 is 16.0 Å². The molecule has 0 spiro atoms. The summed E-state index contributed by atoms with van der Waals surface area (Å²) in [4.78, 5) is 29.1. The minimum absolute atomic E-state index is 0.0660. The Balaban J connectivity index is 1.68. The molecular weight excluding hydrogens is 368 g/mol. The van der Waals surface area contributed by atoms with Gasteiger partial charge in [-0.15, -0.1) is 0 Å². The zero-order valence-electron chi connectivity index (χ0n) is 17.3. The third-order valence-electron chi connectivity index (χ3n) is 4.43. The molecule has 3 amide bonds. The van der Waals surface area contributed by atoms with E-state index in [1.807, 2.05) is 46.9 Å². The van der Waals surface area contributed by atoms with Gasteiger partial charge in [-0.1, -0.05) is 12.1 Å². The fourth-order valence-corrected chi connectivity index (χ4v) is 3.16. The lowest BCUT2D eigenvalue weighted by atomic mass is 10.1. The van der Waals surface area contributed by atoms with Crippen molar-refractivity contribution in [3.8, 4) is 0 Å². The molecule has 0 radical (unpaired) electrons. The zero-order chi connectivity index (χ0) is 21.1. The number of nitrogens with zero attached hydrogens (tertiary/aromatic N) is 3. The first-order valence-electron chi connectivity index (χ1n) is 9.50. The predicted octanol–water partition coefficient (Wildman–Crippen LogP) is 3.05. The molecule has 0 saturated heterocycles. The number of anilines is 1. The maximum absolute atomic E-state index is 12.8. The largest absolute Gasteiger partial charge is 0.348 e. The van der Waals surface area contributed by atoms with Crippen LogP contribution in [0.1, 0.15) is 41.2 Å². The number of amides is 3. The molecule has 3 N–H and O–H groups in total. The fraction of sp³-hybridized carbons (Fsp3) is 0.333. The third-order valence-corrected chi connectivity index (χ3v) is 4.43. The Bertz CT molecular complexity index is 1050. The van der Waals surface area contributed by atoms with Gasteiger partial charge >= 0.3 is 6.03 Å². The highest BCUT2D eigenvalue weighted by Gasteiger charge is 2.17. The Kier molecular flexibility index (Phi) is 5.81. The van der Waals surface area contributed by atoms with E-state index in [9.17, 15) is 9.59 Å². The van der Waals surface area contributed by atoms with Crippen LogP contribution < -0.4 is 16.0 Å². The van der Waals surface area contributed by atoms with E-state index in [1.54, 1.807) is 22.9 Å². The molecule has 8 nitrogen and oxygen atoms in total. The third kappa shape index (κ3) is 4.71. The lowest BCUT2D eigenvalue weighted by Gasteiger charge is -2.11. The minimum Gasteiger partial charge on any atom is -0.348 e. The number of nitrogens with one attached hydrogen (secondary N) is 3. The summed E-state index contributed by atoms with van der Waals surface area (Å²) >= 11 is 0. The molecule has 0 aliphatic carbocycles. The molecule has 0 aliphatic rings. The van der Waals surface area contributed by atoms with Crippen molar-refractivity contribution in [1.82, 2.24) is 25.4 Å². The van der Waals surface area contributed by atoms with Gasteiger partial charge in [0, 0.05) is 31.0 Å². The highest BCUT2D eigenvalue weighted by Crippen LogP contribution is 2.21. The summed E-state index contributed by atoms with van der Waals surface area (Å²) in [6, 6.07) is 8.96. The van der Waals surface area contributed by atoms with Gasteiger partial charge in [-0.05, 0) is 51.5 Å². The highest BCUT2D eigenvalue weighted by atomic mass is 16.2. The van der Waals surface area contributed by atoms with Crippen LogP contribution in [0.4, 0.5) is 10.5 Å². The van der Waals surface area contributed by atoms with Crippen molar-refractivity contribution in [3.05, 3.63) is 52.8 Å². The van der Waals surface area contributed by atoms with Gasteiger partial charge in [-0.2, -0.15) is 5.10 Å². The van der Waals surface area contributed by atoms with Crippen molar-refractivity contribution in [1.29, 1.82) is 0 Å². The average molecular weight is 394 g/mol. The van der Waals surface area contributed by atoms with Crippen molar-refractivity contribution in [2.24, 2.45) is 7.05 Å². The van der Waals surface area contributed by atoms with E-state index >= 15 is 0 Å². The fourth-order valence-electron chi connectivity index (χ4n) is 3.16. The molecule has 0 aliphatic heterocycles. The van der Waals surface area contributed by atoms with E-state index in [0.717, 1.165) is 22.3 Å². The Morgan fingerprint density at radius 3 is 2.48 bits per heavy atom. The molecule has 1 aromatic carbocycles. The number of carbonyl (C=O) groups excluding carboxylic acids is 2. The number of aryl methyl sites for hydroxylation is 3. The van der Waals surface area contributed by atoms with Crippen molar-refractivity contribution in [3.63, 3.8) is 0 Å². The van der Waals surface area contributed by atoms with Gasteiger partial charge in [0.2, 0.25) is 0 Å². The van der Waals surface area contributed by atoms with Crippen LogP contribution in [-0.4, -0.2) is 32.7 Å². The van der Waals surface area contributed by atoms with E-state index < -0.39 is 0 Å². The molecule has 2 aromatic heterocycles. The average Bonchev–Trinajstić information content (AvgIpc) is 2.93. The van der Waals surface area contributed by atoms with Gasteiger partial charge in [0.25, 0.3) is 5.91 Å². The standard InChI is InChI=1S/C21H26N6O2/c1-12(2)23-21(29)25-16-8-6-15(7-9-16)11-22-20(28)17-10-13(3)24-19-18(17)14(4)26-27(19)5/h6-10,12H,11H2,1-5H3,(H,22,28)(H2,23,25,29). The highest BCUT2D eigenvalue weighted by molar-refractivity contribution is 6.06. The summed E-state index contributed by atoms with van der Waals surface area (Å²) in [5.74, 6) is -0.171. The molecule has 0 bridgehead atoms. The summed E-state index contributed by atoms with van der Waals surface area (Å²) in [6.07, 6.45) is 0. The lowest BCUT2D eigenvalue weighted by Crippen LogP contribution is -2.34. The lowest BCUT2D eigenvalue weighted by molar-refractivity contribution is 0.0952. The minimum atomic E-state index is -0.245. The van der Waals surface area contributed by atoms with Crippen LogP contribution in [0.15, 0.2) is 30.3 Å². The zero-order valence-corrected chi connectivity index (χ0v) is 17.3. The van der Waals surface area contributed by atoms with E-state index in [2.05, 4.69) is 26.0 Å². The quantitative estimate of drug-likeness (QED) is 0.619. The Labute approximate surface area is 169 Å². The van der Waals surface area contributed by atoms with Crippen molar-refractivity contribution in [2.75, 3.05) is 5.32 Å². The summed E-state index contributed by atoms with van der Waals surface area (Å²) in [7, 11) is 1.82. The van der Waals surface area contributed by atoms with E-state index in [1.165, 1.54) is 0 Å². The number of carbonyl (C=O) groups is 2. The first kappa shape index (κ1) is 20.3. The van der Waals surface area contributed by atoms with E-state index in [4.69, 9.17) is 0 Å². The first-order valence-corrected chi connectivity index (χ1v) is 9.50.